The van der Waals surface area contributed by atoms with Crippen molar-refractivity contribution in [3.8, 4) is 0 Å². The predicted molar refractivity (Wildman–Crippen MR) is 84.4 cm³/mol. The van der Waals surface area contributed by atoms with Gasteiger partial charge in [-0.2, -0.15) is 0 Å². The van der Waals surface area contributed by atoms with Gasteiger partial charge >= 0.3 is 5.97 Å². The molecule has 0 aromatic heterocycles. The van der Waals surface area contributed by atoms with Crippen molar-refractivity contribution in [2.75, 3.05) is 39.6 Å². The molecule has 21 heavy (non-hydrogen) atoms. The Labute approximate surface area is 130 Å². The van der Waals surface area contributed by atoms with E-state index in [1.807, 2.05) is 0 Å². The van der Waals surface area contributed by atoms with Crippen LogP contribution < -0.4 is 0 Å². The third-order valence-electron chi connectivity index (χ3n) is 2.55. The zero-order chi connectivity index (χ0) is 16.2. The number of aliphatic hydroxyl groups excluding tert-OH is 1. The molecule has 5 heteroatoms. The van der Waals surface area contributed by atoms with Crippen LogP contribution in [0, 0.1) is 0 Å². The van der Waals surface area contributed by atoms with Crippen LogP contribution >= 0.6 is 0 Å². The molecule has 0 heterocycles. The predicted octanol–water partition coefficient (Wildman–Crippen LogP) is 2.94. The molecule has 1 N–H and O–H groups in total. The average molecular weight is 306 g/mol. The van der Waals surface area contributed by atoms with Gasteiger partial charge in [0.2, 0.25) is 0 Å². The lowest BCUT2D eigenvalue weighted by Gasteiger charge is -2.02. The van der Waals surface area contributed by atoms with E-state index in [1.54, 1.807) is 0 Å². The largest absolute Gasteiger partial charge is 0.463 e. The van der Waals surface area contributed by atoms with Crippen LogP contribution in [-0.4, -0.2) is 50.7 Å². The summed E-state index contributed by atoms with van der Waals surface area (Å²) in [4.78, 5) is 10.3. The minimum absolute atomic E-state index is 0.147. The fourth-order valence-electron chi connectivity index (χ4n) is 1.39. The van der Waals surface area contributed by atoms with Crippen molar-refractivity contribution < 1.29 is 24.1 Å². The van der Waals surface area contributed by atoms with E-state index in [0.717, 1.165) is 32.5 Å². The molecule has 0 rings (SSSR count). The molecule has 0 fully saturated rings. The van der Waals surface area contributed by atoms with E-state index in [4.69, 9.17) is 14.6 Å². The molecule has 0 bridgehead atoms. The molecule has 0 saturated heterocycles. The second-order valence-electron chi connectivity index (χ2n) is 4.70. The summed E-state index contributed by atoms with van der Waals surface area (Å²) in [5.41, 5.74) is 0. The Balaban J connectivity index is 0. The van der Waals surface area contributed by atoms with Gasteiger partial charge in [0.05, 0.1) is 19.8 Å². The van der Waals surface area contributed by atoms with Crippen molar-refractivity contribution in [3.63, 3.8) is 0 Å². The molecule has 0 aliphatic carbocycles. The highest BCUT2D eigenvalue weighted by Gasteiger charge is 1.91. The first-order valence-corrected chi connectivity index (χ1v) is 8.08. The summed E-state index contributed by atoms with van der Waals surface area (Å²) in [6.07, 6.45) is 7.14. The maximum Gasteiger partial charge on any atom is 0.302 e. The third kappa shape index (κ3) is 28.3. The molecule has 0 spiro atoms. The van der Waals surface area contributed by atoms with Crippen molar-refractivity contribution in [3.05, 3.63) is 0 Å². The van der Waals surface area contributed by atoms with Crippen molar-refractivity contribution >= 4 is 5.97 Å². The Morgan fingerprint density at radius 2 is 1.43 bits per heavy atom. The van der Waals surface area contributed by atoms with Crippen LogP contribution in [0.2, 0.25) is 0 Å². The normalized spacial score (nSPS) is 9.90. The van der Waals surface area contributed by atoms with E-state index in [-0.39, 0.29) is 12.6 Å². The maximum absolute atomic E-state index is 10.3. The monoisotopic (exact) mass is 306 g/mol. The summed E-state index contributed by atoms with van der Waals surface area (Å²) in [6.45, 7) is 8.78. The number of carbonyl (C=O) groups is 1. The van der Waals surface area contributed by atoms with Crippen LogP contribution in [0.25, 0.3) is 0 Å². The fraction of sp³-hybridized carbons (Fsp3) is 0.938. The van der Waals surface area contributed by atoms with Crippen molar-refractivity contribution in [2.24, 2.45) is 0 Å². The first-order valence-electron chi connectivity index (χ1n) is 8.08. The zero-order valence-corrected chi connectivity index (χ0v) is 14.1. The van der Waals surface area contributed by atoms with Crippen LogP contribution in [-0.2, 0) is 19.0 Å². The number of unbranched alkanes of at least 4 members (excludes halogenated alkanes) is 4. The van der Waals surface area contributed by atoms with Gasteiger partial charge in [-0.1, -0.05) is 39.5 Å². The quantitative estimate of drug-likeness (QED) is 0.418. The van der Waals surface area contributed by atoms with Gasteiger partial charge in [0.25, 0.3) is 0 Å². The van der Waals surface area contributed by atoms with Gasteiger partial charge in [-0.25, -0.2) is 0 Å². The first-order chi connectivity index (χ1) is 10.2. The Kier molecular flexibility index (Phi) is 23.3. The summed E-state index contributed by atoms with van der Waals surface area (Å²) in [5.74, 6) is -0.246. The third-order valence-corrected chi connectivity index (χ3v) is 2.55. The SMILES string of the molecule is CCCCCCOCCO.CCCCOCCOC(C)=O. The smallest absolute Gasteiger partial charge is 0.302 e. The van der Waals surface area contributed by atoms with Crippen molar-refractivity contribution in [1.82, 2.24) is 0 Å². The summed E-state index contributed by atoms with van der Waals surface area (Å²) in [6, 6.07) is 0. The summed E-state index contributed by atoms with van der Waals surface area (Å²) in [5, 5.41) is 8.34. The molecule has 128 valence electrons. The van der Waals surface area contributed by atoms with Gasteiger partial charge in [0.1, 0.15) is 6.61 Å². The number of esters is 1. The van der Waals surface area contributed by atoms with Crippen molar-refractivity contribution in [2.45, 2.75) is 59.3 Å². The van der Waals surface area contributed by atoms with Crippen molar-refractivity contribution in [1.29, 1.82) is 0 Å². The number of hydrogen-bond acceptors (Lipinski definition) is 5. The molecule has 0 saturated carbocycles. The lowest BCUT2D eigenvalue weighted by molar-refractivity contribution is -0.142. The molecule has 0 amide bonds. The van der Waals surface area contributed by atoms with E-state index in [1.165, 1.54) is 26.2 Å². The molecule has 0 atom stereocenters. The van der Waals surface area contributed by atoms with Gasteiger partial charge in [0, 0.05) is 20.1 Å². The van der Waals surface area contributed by atoms with E-state index < -0.39 is 0 Å². The highest BCUT2D eigenvalue weighted by atomic mass is 16.6. The van der Waals surface area contributed by atoms with E-state index in [2.05, 4.69) is 18.6 Å². The van der Waals surface area contributed by atoms with Gasteiger partial charge in [-0.05, 0) is 12.8 Å². The minimum Gasteiger partial charge on any atom is -0.463 e. The van der Waals surface area contributed by atoms with E-state index >= 15 is 0 Å². The Morgan fingerprint density at radius 3 is 2.00 bits per heavy atom. The molecule has 0 aromatic carbocycles. The van der Waals surface area contributed by atoms with Crippen LogP contribution in [0.15, 0.2) is 0 Å². The summed E-state index contributed by atoms with van der Waals surface area (Å²) < 4.78 is 14.9. The molecular weight excluding hydrogens is 272 g/mol. The standard InChI is InChI=1S/C8H16O3.C8H18O2/c1-3-4-5-10-6-7-11-8(2)9;1-2-3-4-5-7-10-8-6-9/h3-7H2,1-2H3;9H,2-8H2,1H3. The molecule has 0 aliphatic heterocycles. The van der Waals surface area contributed by atoms with Crippen LogP contribution in [0.1, 0.15) is 59.3 Å². The molecular formula is C16H34O5. The van der Waals surface area contributed by atoms with E-state index in [0.29, 0.717) is 19.8 Å². The highest BCUT2D eigenvalue weighted by molar-refractivity contribution is 5.65. The Bertz CT molecular complexity index is 189. The number of rotatable bonds is 13. The van der Waals surface area contributed by atoms with Crippen LogP contribution in [0.4, 0.5) is 0 Å². The Hall–Kier alpha value is -0.650. The van der Waals surface area contributed by atoms with Gasteiger partial charge in [-0.15, -0.1) is 0 Å². The lowest BCUT2D eigenvalue weighted by atomic mass is 10.2. The van der Waals surface area contributed by atoms with E-state index in [9.17, 15) is 4.79 Å². The molecule has 0 aromatic rings. The van der Waals surface area contributed by atoms with Gasteiger partial charge in [-0.3, -0.25) is 4.79 Å². The second-order valence-corrected chi connectivity index (χ2v) is 4.70. The van der Waals surface area contributed by atoms with Crippen LogP contribution in [0.3, 0.4) is 0 Å². The highest BCUT2D eigenvalue weighted by Crippen LogP contribution is 1.98. The second kappa shape index (κ2) is 21.6. The summed E-state index contributed by atoms with van der Waals surface area (Å²) in [7, 11) is 0. The molecule has 0 aliphatic rings. The zero-order valence-electron chi connectivity index (χ0n) is 14.1. The first kappa shape index (κ1) is 22.6. The fourth-order valence-corrected chi connectivity index (χ4v) is 1.39. The topological polar surface area (TPSA) is 65.0 Å². The molecule has 5 nitrogen and oxygen atoms in total. The average Bonchev–Trinajstić information content (AvgIpc) is 2.47. The number of carbonyl (C=O) groups excluding carboxylic acids is 1. The minimum atomic E-state index is -0.246. The van der Waals surface area contributed by atoms with Gasteiger partial charge < -0.3 is 19.3 Å². The number of aliphatic hydroxyl groups is 1. The number of ether oxygens (including phenoxy) is 3. The van der Waals surface area contributed by atoms with Crippen LogP contribution in [0.5, 0.6) is 0 Å². The lowest BCUT2D eigenvalue weighted by Crippen LogP contribution is -2.07. The maximum atomic E-state index is 10.3. The molecule has 0 unspecified atom stereocenters. The molecule has 0 radical (unpaired) electrons. The summed E-state index contributed by atoms with van der Waals surface area (Å²) >= 11 is 0. The van der Waals surface area contributed by atoms with Gasteiger partial charge in [0.15, 0.2) is 0 Å². The Morgan fingerprint density at radius 1 is 0.810 bits per heavy atom. The number of hydrogen-bond donors (Lipinski definition) is 1.